The van der Waals surface area contributed by atoms with Crippen molar-refractivity contribution in [2.24, 2.45) is 0 Å². The third-order valence-corrected chi connectivity index (χ3v) is 6.09. The van der Waals surface area contributed by atoms with E-state index >= 15 is 0 Å². The molecule has 1 aliphatic carbocycles. The number of pyridine rings is 2. The third kappa shape index (κ3) is 3.90. The molecule has 0 saturated carbocycles. The Morgan fingerprint density at radius 2 is 2.09 bits per heavy atom. The summed E-state index contributed by atoms with van der Waals surface area (Å²) in [6, 6.07) is 5.87. The van der Waals surface area contributed by atoms with Crippen LogP contribution in [0.15, 0.2) is 59.8 Å². The number of furan rings is 1. The number of fused-ring (bicyclic) bond motifs is 2. The van der Waals surface area contributed by atoms with Gasteiger partial charge in [-0.15, -0.1) is 0 Å². The van der Waals surface area contributed by atoms with Gasteiger partial charge in [0, 0.05) is 46.8 Å². The number of nitrogens with zero attached hydrogens (tertiary/aromatic N) is 4. The van der Waals surface area contributed by atoms with Crippen LogP contribution < -0.4 is 5.32 Å². The lowest BCUT2D eigenvalue weighted by atomic mass is 9.96. The average Bonchev–Trinajstić information content (AvgIpc) is 3.63. The Labute approximate surface area is 200 Å². The number of hydrogen-bond donors (Lipinski definition) is 3. The lowest BCUT2D eigenvalue weighted by Crippen LogP contribution is -2.10. The molecule has 0 fully saturated rings. The zero-order valence-electron chi connectivity index (χ0n) is 19.1. The van der Waals surface area contributed by atoms with E-state index in [4.69, 9.17) is 9.40 Å². The second kappa shape index (κ2) is 8.68. The molecule has 0 spiro atoms. The fourth-order valence-electron chi connectivity index (χ4n) is 4.42. The second-order valence-corrected chi connectivity index (χ2v) is 8.54. The Morgan fingerprint density at radius 1 is 1.17 bits per heavy atom. The molecule has 0 saturated heterocycles. The SMILES string of the molecule is CCCC(=O)Nc1cncc(-c2cnc3n[nH]c(-c4nc5c([nH]4)CCC=C5c4ccoc4)c3c2)c1. The van der Waals surface area contributed by atoms with Gasteiger partial charge in [-0.05, 0) is 37.5 Å². The van der Waals surface area contributed by atoms with Crippen LogP contribution in [0, 0.1) is 0 Å². The maximum Gasteiger partial charge on any atom is 0.224 e. The molecule has 1 aliphatic rings. The monoisotopic (exact) mass is 465 g/mol. The van der Waals surface area contributed by atoms with Crippen LogP contribution >= 0.6 is 0 Å². The molecule has 0 atom stereocenters. The highest BCUT2D eigenvalue weighted by atomic mass is 16.3. The number of aromatic amines is 2. The molecule has 3 N–H and O–H groups in total. The topological polar surface area (TPSA) is 125 Å². The number of anilines is 1. The zero-order valence-corrected chi connectivity index (χ0v) is 19.1. The molecule has 0 unspecified atom stereocenters. The van der Waals surface area contributed by atoms with Gasteiger partial charge >= 0.3 is 0 Å². The average molecular weight is 466 g/mol. The standard InChI is InChI=1S/C26H23N7O2/c1-2-4-22(34)29-18-9-16(11-27-13-18)17-10-20-24(32-33-25(20)28-12-17)26-30-21-6-3-5-19(23(21)31-26)15-7-8-35-14-15/h5,7-14H,2-4,6H2,1H3,(H,29,34)(H,30,31)(H,28,32,33). The lowest BCUT2D eigenvalue weighted by molar-refractivity contribution is -0.116. The number of aryl methyl sites for hydroxylation is 1. The van der Waals surface area contributed by atoms with Crippen LogP contribution in [0.1, 0.15) is 43.1 Å². The van der Waals surface area contributed by atoms with E-state index in [1.54, 1.807) is 31.1 Å². The summed E-state index contributed by atoms with van der Waals surface area (Å²) in [7, 11) is 0. The molecular formula is C26H23N7O2. The van der Waals surface area contributed by atoms with E-state index in [1.165, 1.54) is 0 Å². The van der Waals surface area contributed by atoms with Gasteiger partial charge in [-0.2, -0.15) is 5.10 Å². The van der Waals surface area contributed by atoms with E-state index in [2.05, 4.69) is 36.5 Å². The Bertz CT molecular complexity index is 1560. The number of H-pyrrole nitrogens is 2. The summed E-state index contributed by atoms with van der Waals surface area (Å²) < 4.78 is 5.28. The molecule has 5 heterocycles. The number of carbonyl (C=O) groups is 1. The van der Waals surface area contributed by atoms with Gasteiger partial charge in [0.15, 0.2) is 11.5 Å². The first-order chi connectivity index (χ1) is 17.2. The molecule has 1 amide bonds. The van der Waals surface area contributed by atoms with Crippen LogP contribution in [-0.2, 0) is 11.2 Å². The lowest BCUT2D eigenvalue weighted by Gasteiger charge is -2.10. The van der Waals surface area contributed by atoms with Gasteiger partial charge in [-0.1, -0.05) is 13.0 Å². The van der Waals surface area contributed by atoms with Crippen LogP contribution in [0.5, 0.6) is 0 Å². The van der Waals surface area contributed by atoms with Crippen molar-refractivity contribution in [2.45, 2.75) is 32.6 Å². The molecule has 5 aromatic heterocycles. The predicted octanol–water partition coefficient (Wildman–Crippen LogP) is 5.12. The first-order valence-electron chi connectivity index (χ1n) is 11.6. The van der Waals surface area contributed by atoms with E-state index in [9.17, 15) is 4.79 Å². The fraction of sp³-hybridized carbons (Fsp3) is 0.192. The van der Waals surface area contributed by atoms with Crippen molar-refractivity contribution in [3.63, 3.8) is 0 Å². The molecule has 5 aromatic rings. The minimum absolute atomic E-state index is 0.0252. The van der Waals surface area contributed by atoms with Crippen LogP contribution in [0.3, 0.4) is 0 Å². The summed E-state index contributed by atoms with van der Waals surface area (Å²) in [4.78, 5) is 29.2. The van der Waals surface area contributed by atoms with Crippen molar-refractivity contribution >= 4 is 28.2 Å². The van der Waals surface area contributed by atoms with Gasteiger partial charge in [-0.25, -0.2) is 9.97 Å². The van der Waals surface area contributed by atoms with E-state index in [0.29, 0.717) is 23.6 Å². The van der Waals surface area contributed by atoms with Crippen molar-refractivity contribution in [3.05, 3.63) is 72.3 Å². The number of allylic oxidation sites excluding steroid dienone is 1. The number of nitrogens with one attached hydrogen (secondary N) is 3. The molecule has 9 nitrogen and oxygen atoms in total. The summed E-state index contributed by atoms with van der Waals surface area (Å²) >= 11 is 0. The summed E-state index contributed by atoms with van der Waals surface area (Å²) in [6.07, 6.45) is 13.9. The molecule has 0 aromatic carbocycles. The van der Waals surface area contributed by atoms with Crippen LogP contribution in [0.4, 0.5) is 5.69 Å². The Balaban J connectivity index is 1.36. The van der Waals surface area contributed by atoms with Gasteiger partial charge in [0.2, 0.25) is 5.91 Å². The molecular weight excluding hydrogens is 442 g/mol. The molecule has 0 radical (unpaired) electrons. The molecule has 174 valence electrons. The van der Waals surface area contributed by atoms with Crippen molar-refractivity contribution < 1.29 is 9.21 Å². The molecule has 9 heteroatoms. The molecule has 0 aliphatic heterocycles. The third-order valence-electron chi connectivity index (χ3n) is 6.09. The second-order valence-electron chi connectivity index (χ2n) is 8.54. The quantitative estimate of drug-likeness (QED) is 0.320. The van der Waals surface area contributed by atoms with E-state index in [1.807, 2.05) is 25.1 Å². The number of rotatable bonds is 6. The van der Waals surface area contributed by atoms with E-state index in [0.717, 1.165) is 64.0 Å². The normalized spacial score (nSPS) is 13.0. The largest absolute Gasteiger partial charge is 0.472 e. The van der Waals surface area contributed by atoms with Crippen molar-refractivity contribution in [1.82, 2.24) is 30.1 Å². The van der Waals surface area contributed by atoms with Gasteiger partial charge in [0.25, 0.3) is 0 Å². The predicted molar refractivity (Wildman–Crippen MR) is 132 cm³/mol. The number of imidazole rings is 1. The number of amides is 1. The minimum Gasteiger partial charge on any atom is -0.472 e. The van der Waals surface area contributed by atoms with Crippen molar-refractivity contribution in [2.75, 3.05) is 5.32 Å². The summed E-state index contributed by atoms with van der Waals surface area (Å²) in [6.45, 7) is 1.97. The number of carbonyl (C=O) groups excluding carboxylic acids is 1. The molecule has 35 heavy (non-hydrogen) atoms. The first kappa shape index (κ1) is 21.0. The van der Waals surface area contributed by atoms with E-state index in [-0.39, 0.29) is 5.91 Å². The van der Waals surface area contributed by atoms with Crippen molar-refractivity contribution in [3.8, 4) is 22.6 Å². The van der Waals surface area contributed by atoms with Crippen LogP contribution in [0.2, 0.25) is 0 Å². The summed E-state index contributed by atoms with van der Waals surface area (Å²) in [5.41, 5.74) is 7.85. The van der Waals surface area contributed by atoms with Gasteiger partial charge in [0.1, 0.15) is 5.69 Å². The fourth-order valence-corrected chi connectivity index (χ4v) is 4.42. The Morgan fingerprint density at radius 3 is 2.94 bits per heavy atom. The zero-order chi connectivity index (χ0) is 23.8. The van der Waals surface area contributed by atoms with Crippen molar-refractivity contribution in [1.29, 1.82) is 0 Å². The molecule has 6 rings (SSSR count). The van der Waals surface area contributed by atoms with Crippen LogP contribution in [0.25, 0.3) is 39.3 Å². The van der Waals surface area contributed by atoms with E-state index < -0.39 is 0 Å². The maximum absolute atomic E-state index is 12.0. The highest BCUT2D eigenvalue weighted by Crippen LogP contribution is 2.34. The smallest absolute Gasteiger partial charge is 0.224 e. The van der Waals surface area contributed by atoms with Crippen LogP contribution in [-0.4, -0.2) is 36.0 Å². The first-order valence-corrected chi connectivity index (χ1v) is 11.6. The molecule has 0 bridgehead atoms. The minimum atomic E-state index is -0.0252. The van der Waals surface area contributed by atoms with Gasteiger partial charge < -0.3 is 14.7 Å². The number of aromatic nitrogens is 6. The van der Waals surface area contributed by atoms with Gasteiger partial charge in [0.05, 0.1) is 35.5 Å². The highest BCUT2D eigenvalue weighted by Gasteiger charge is 2.22. The number of hydrogen-bond acceptors (Lipinski definition) is 6. The maximum atomic E-state index is 12.0. The summed E-state index contributed by atoms with van der Waals surface area (Å²) in [5, 5.41) is 11.2. The Hall–Kier alpha value is -4.53. The highest BCUT2D eigenvalue weighted by molar-refractivity contribution is 5.94. The summed E-state index contributed by atoms with van der Waals surface area (Å²) in [5.74, 6) is 0.689. The van der Waals surface area contributed by atoms with Gasteiger partial charge in [-0.3, -0.25) is 14.9 Å². The Kier molecular flexibility index (Phi) is 5.21.